The molecule has 4 nitrogen and oxygen atoms in total. The monoisotopic (exact) mass is 459 g/mol. The molecule has 0 unspecified atom stereocenters. The van der Waals surface area contributed by atoms with Crippen molar-refractivity contribution in [3.63, 3.8) is 0 Å². The van der Waals surface area contributed by atoms with E-state index >= 15 is 0 Å². The highest BCUT2D eigenvalue weighted by Gasteiger charge is 2.22. The van der Waals surface area contributed by atoms with Crippen molar-refractivity contribution in [3.8, 4) is 0 Å². The topological polar surface area (TPSA) is 55.4 Å². The van der Waals surface area contributed by atoms with Crippen molar-refractivity contribution in [3.05, 3.63) is 68.8 Å². The van der Waals surface area contributed by atoms with E-state index in [0.29, 0.717) is 6.07 Å². The number of carbonyl (C=O) groups is 2. The number of rotatable bonds is 6. The van der Waals surface area contributed by atoms with Gasteiger partial charge in [0.15, 0.2) is 0 Å². The van der Waals surface area contributed by atoms with E-state index in [9.17, 15) is 18.4 Å². The van der Waals surface area contributed by atoms with E-state index in [1.54, 1.807) is 0 Å². The molecular weight excluding hydrogens is 443 g/mol. The predicted octanol–water partition coefficient (Wildman–Crippen LogP) is 3.01. The number of hydrogen-bond acceptors (Lipinski definition) is 3. The van der Waals surface area contributed by atoms with Crippen LogP contribution in [-0.2, 0) is 27.2 Å². The summed E-state index contributed by atoms with van der Waals surface area (Å²) in [5.74, 6) is -2.66. The highest BCUT2D eigenvalue weighted by molar-refractivity contribution is 14.1. The van der Waals surface area contributed by atoms with E-state index in [1.807, 2.05) is 24.3 Å². The summed E-state index contributed by atoms with van der Waals surface area (Å²) in [5, 5.41) is 2.55. The number of halogens is 3. The third kappa shape index (κ3) is 5.77. The van der Waals surface area contributed by atoms with Crippen LogP contribution < -0.4 is 5.32 Å². The van der Waals surface area contributed by atoms with Crippen molar-refractivity contribution in [2.45, 2.75) is 18.9 Å². The third-order valence-corrected chi connectivity index (χ3v) is 4.26. The zero-order chi connectivity index (χ0) is 18.4. The van der Waals surface area contributed by atoms with Crippen LogP contribution in [0.1, 0.15) is 11.1 Å². The normalized spacial score (nSPS) is 11.7. The molecule has 0 spiro atoms. The van der Waals surface area contributed by atoms with Crippen LogP contribution >= 0.6 is 22.6 Å². The molecule has 0 bridgehead atoms. The van der Waals surface area contributed by atoms with Crippen LogP contribution in [-0.4, -0.2) is 25.0 Å². The second-order valence-corrected chi connectivity index (χ2v) is 6.63. The van der Waals surface area contributed by atoms with Gasteiger partial charge in [-0.2, -0.15) is 0 Å². The second-order valence-electron chi connectivity index (χ2n) is 5.39. The summed E-state index contributed by atoms with van der Waals surface area (Å²) < 4.78 is 32.3. The number of methoxy groups -OCH3 is 1. The van der Waals surface area contributed by atoms with Crippen LogP contribution in [0.15, 0.2) is 42.5 Å². The number of amides is 1. The maximum atomic E-state index is 13.6. The van der Waals surface area contributed by atoms with E-state index in [2.05, 4.69) is 27.9 Å². The molecule has 2 aromatic rings. The fourth-order valence-corrected chi connectivity index (χ4v) is 2.63. The van der Waals surface area contributed by atoms with Gasteiger partial charge in [0, 0.05) is 16.1 Å². The molecule has 1 N–H and O–H groups in total. The summed E-state index contributed by atoms with van der Waals surface area (Å²) in [6, 6.07) is 9.59. The van der Waals surface area contributed by atoms with Gasteiger partial charge in [0.25, 0.3) is 0 Å². The molecule has 0 heterocycles. The summed E-state index contributed by atoms with van der Waals surface area (Å²) >= 11 is 2.17. The Labute approximate surface area is 157 Å². The number of nitrogens with one attached hydrogen (secondary N) is 1. The lowest BCUT2D eigenvalue weighted by molar-refractivity contribution is -0.145. The molecule has 2 aromatic carbocycles. The Morgan fingerprint density at radius 2 is 1.84 bits per heavy atom. The van der Waals surface area contributed by atoms with Crippen LogP contribution in [0.5, 0.6) is 0 Å². The summed E-state index contributed by atoms with van der Waals surface area (Å²) in [4.78, 5) is 24.1. The van der Waals surface area contributed by atoms with Crippen molar-refractivity contribution in [1.82, 2.24) is 5.32 Å². The van der Waals surface area contributed by atoms with Gasteiger partial charge in [0.05, 0.1) is 13.5 Å². The minimum Gasteiger partial charge on any atom is -0.467 e. The molecule has 0 aliphatic heterocycles. The smallest absolute Gasteiger partial charge is 0.328 e. The Bertz CT molecular complexity index is 765. The first-order chi connectivity index (χ1) is 11.9. The van der Waals surface area contributed by atoms with Gasteiger partial charge >= 0.3 is 5.97 Å². The van der Waals surface area contributed by atoms with Crippen molar-refractivity contribution in [1.29, 1.82) is 0 Å². The minimum absolute atomic E-state index is 0.0526. The van der Waals surface area contributed by atoms with Crippen molar-refractivity contribution in [2.75, 3.05) is 7.11 Å². The summed E-state index contributed by atoms with van der Waals surface area (Å²) in [6.45, 7) is 0. The maximum absolute atomic E-state index is 13.6. The highest BCUT2D eigenvalue weighted by atomic mass is 127. The number of benzene rings is 2. The molecule has 1 amide bonds. The van der Waals surface area contributed by atoms with Gasteiger partial charge in [0.2, 0.25) is 5.91 Å². The number of esters is 1. The number of carbonyl (C=O) groups excluding carboxylic acids is 2. The SMILES string of the molecule is COC(=O)[C@@H](Cc1ccc(I)cc1)NC(=O)Cc1ccc(F)cc1F. The number of hydrogen-bond donors (Lipinski definition) is 1. The van der Waals surface area contributed by atoms with Crippen LogP contribution in [0.3, 0.4) is 0 Å². The molecule has 0 saturated heterocycles. The fraction of sp³-hybridized carbons (Fsp3) is 0.222. The van der Waals surface area contributed by atoms with E-state index in [1.165, 1.54) is 13.2 Å². The lowest BCUT2D eigenvalue weighted by Gasteiger charge is -2.17. The van der Waals surface area contributed by atoms with Gasteiger partial charge in [-0.3, -0.25) is 4.79 Å². The van der Waals surface area contributed by atoms with E-state index < -0.39 is 29.6 Å². The van der Waals surface area contributed by atoms with Gasteiger partial charge < -0.3 is 10.1 Å². The van der Waals surface area contributed by atoms with Crippen molar-refractivity contribution < 1.29 is 23.1 Å². The minimum atomic E-state index is -0.888. The van der Waals surface area contributed by atoms with E-state index in [4.69, 9.17) is 4.74 Å². The Balaban J connectivity index is 2.06. The molecular formula is C18H16F2INO3. The molecule has 0 radical (unpaired) electrons. The average molecular weight is 459 g/mol. The van der Waals surface area contributed by atoms with E-state index in [-0.39, 0.29) is 18.4 Å². The zero-order valence-electron chi connectivity index (χ0n) is 13.4. The molecule has 1 atom stereocenters. The van der Waals surface area contributed by atoms with Crippen LogP contribution in [0.4, 0.5) is 8.78 Å². The van der Waals surface area contributed by atoms with Crippen LogP contribution in [0.2, 0.25) is 0 Å². The molecule has 0 saturated carbocycles. The van der Waals surface area contributed by atoms with Crippen LogP contribution in [0, 0.1) is 15.2 Å². The summed E-state index contributed by atoms with van der Waals surface area (Å²) in [6.07, 6.45) is -0.0481. The molecule has 7 heteroatoms. The van der Waals surface area contributed by atoms with Gasteiger partial charge in [0.1, 0.15) is 17.7 Å². The van der Waals surface area contributed by atoms with Crippen molar-refractivity contribution in [2.24, 2.45) is 0 Å². The van der Waals surface area contributed by atoms with Gasteiger partial charge in [-0.1, -0.05) is 18.2 Å². The standard InChI is InChI=1S/C18H16F2INO3/c1-25-18(24)16(8-11-2-6-14(21)7-3-11)22-17(23)9-12-4-5-13(19)10-15(12)20/h2-7,10,16H,8-9H2,1H3,(H,22,23)/t16-/m1/s1. The lowest BCUT2D eigenvalue weighted by Crippen LogP contribution is -2.43. The van der Waals surface area contributed by atoms with Crippen molar-refractivity contribution >= 4 is 34.5 Å². The molecule has 0 fully saturated rings. The zero-order valence-corrected chi connectivity index (χ0v) is 15.5. The lowest BCUT2D eigenvalue weighted by atomic mass is 10.1. The Morgan fingerprint density at radius 1 is 1.16 bits per heavy atom. The summed E-state index contributed by atoms with van der Waals surface area (Å²) in [5.41, 5.74) is 0.904. The molecule has 0 aromatic heterocycles. The molecule has 2 rings (SSSR count). The first kappa shape index (κ1) is 19.3. The third-order valence-electron chi connectivity index (χ3n) is 3.54. The first-order valence-electron chi connectivity index (χ1n) is 7.44. The molecule has 0 aliphatic carbocycles. The first-order valence-corrected chi connectivity index (χ1v) is 8.52. The van der Waals surface area contributed by atoms with Crippen LogP contribution in [0.25, 0.3) is 0 Å². The van der Waals surface area contributed by atoms with Gasteiger partial charge in [-0.05, 0) is 51.9 Å². The number of ether oxygens (including phenoxy) is 1. The Morgan fingerprint density at radius 3 is 2.44 bits per heavy atom. The quantitative estimate of drug-likeness (QED) is 0.534. The van der Waals surface area contributed by atoms with Gasteiger partial charge in [-0.15, -0.1) is 0 Å². The maximum Gasteiger partial charge on any atom is 0.328 e. The van der Waals surface area contributed by atoms with E-state index in [0.717, 1.165) is 15.2 Å². The molecule has 25 heavy (non-hydrogen) atoms. The largest absolute Gasteiger partial charge is 0.467 e. The second kappa shape index (κ2) is 8.89. The Hall–Kier alpha value is -2.03. The molecule has 0 aliphatic rings. The molecule has 132 valence electrons. The highest BCUT2D eigenvalue weighted by Crippen LogP contribution is 2.12. The summed E-state index contributed by atoms with van der Waals surface area (Å²) in [7, 11) is 1.23. The Kier molecular flexibility index (Phi) is 6.86. The predicted molar refractivity (Wildman–Crippen MR) is 96.9 cm³/mol. The van der Waals surface area contributed by atoms with Gasteiger partial charge in [-0.25, -0.2) is 13.6 Å². The fourth-order valence-electron chi connectivity index (χ4n) is 2.28. The average Bonchev–Trinajstić information content (AvgIpc) is 2.58.